The minimum Gasteiger partial charge on any atom is -0.354 e. The van der Waals surface area contributed by atoms with Gasteiger partial charge in [0.2, 0.25) is 5.91 Å². The summed E-state index contributed by atoms with van der Waals surface area (Å²) >= 11 is 0. The summed E-state index contributed by atoms with van der Waals surface area (Å²) < 4.78 is 2.01. The number of likely N-dealkylation sites (N-methyl/N-ethyl adjacent to an activating group) is 1. The molecule has 0 saturated heterocycles. The molecule has 1 aromatic rings. The van der Waals surface area contributed by atoms with E-state index < -0.39 is 0 Å². The highest BCUT2D eigenvalue weighted by molar-refractivity contribution is 14.0. The summed E-state index contributed by atoms with van der Waals surface area (Å²) in [6.07, 6.45) is 2.57. The standard InChI is InChI=1S/C15H29N7O.HI/c1-7-12-20-18-11-22(12)9-8-17-14(16-5)21(6)10-13(23)19-15(2,3)4;/h11H,7-10H2,1-6H3,(H,16,17)(H,19,23);1H. The number of aromatic nitrogens is 3. The van der Waals surface area contributed by atoms with E-state index in [1.165, 1.54) is 0 Å². The monoisotopic (exact) mass is 451 g/mol. The van der Waals surface area contributed by atoms with Gasteiger partial charge in [0.05, 0.1) is 6.54 Å². The number of aryl methyl sites for hydroxylation is 1. The lowest BCUT2D eigenvalue weighted by atomic mass is 10.1. The quantitative estimate of drug-likeness (QED) is 0.381. The summed E-state index contributed by atoms with van der Waals surface area (Å²) in [5, 5.41) is 14.1. The van der Waals surface area contributed by atoms with Gasteiger partial charge in [-0.15, -0.1) is 34.2 Å². The van der Waals surface area contributed by atoms with Crippen molar-refractivity contribution < 1.29 is 4.79 Å². The van der Waals surface area contributed by atoms with Crippen LogP contribution in [-0.4, -0.2) is 64.3 Å². The zero-order valence-electron chi connectivity index (χ0n) is 15.5. The van der Waals surface area contributed by atoms with Gasteiger partial charge in [0.25, 0.3) is 0 Å². The number of nitrogens with one attached hydrogen (secondary N) is 2. The number of nitrogens with zero attached hydrogens (tertiary/aromatic N) is 5. The van der Waals surface area contributed by atoms with Crippen molar-refractivity contribution in [1.29, 1.82) is 0 Å². The third-order valence-electron chi connectivity index (χ3n) is 3.12. The average molecular weight is 451 g/mol. The van der Waals surface area contributed by atoms with Crippen molar-refractivity contribution in [2.75, 3.05) is 27.2 Å². The largest absolute Gasteiger partial charge is 0.354 e. The Bertz CT molecular complexity index is 536. The Labute approximate surface area is 161 Å². The van der Waals surface area contributed by atoms with Crippen LogP contribution in [0.1, 0.15) is 33.5 Å². The van der Waals surface area contributed by atoms with Gasteiger partial charge in [0.1, 0.15) is 12.2 Å². The van der Waals surface area contributed by atoms with Crippen LogP contribution in [0, 0.1) is 0 Å². The molecule has 1 heterocycles. The summed E-state index contributed by atoms with van der Waals surface area (Å²) in [6, 6.07) is 0. The Morgan fingerprint density at radius 2 is 2.08 bits per heavy atom. The predicted octanol–water partition coefficient (Wildman–Crippen LogP) is 0.880. The molecule has 8 nitrogen and oxygen atoms in total. The number of aliphatic imine (C=N–C) groups is 1. The molecular weight excluding hydrogens is 421 g/mol. The molecule has 9 heteroatoms. The van der Waals surface area contributed by atoms with E-state index >= 15 is 0 Å². The maximum absolute atomic E-state index is 12.0. The number of carbonyl (C=O) groups is 1. The molecule has 0 spiro atoms. The molecule has 0 aliphatic carbocycles. The second-order valence-corrected chi connectivity index (χ2v) is 6.42. The van der Waals surface area contributed by atoms with E-state index in [2.05, 4.69) is 32.7 Å². The molecule has 2 N–H and O–H groups in total. The lowest BCUT2D eigenvalue weighted by Gasteiger charge is -2.25. The molecule has 0 unspecified atom stereocenters. The highest BCUT2D eigenvalue weighted by Gasteiger charge is 2.16. The number of halogens is 1. The Morgan fingerprint density at radius 1 is 1.42 bits per heavy atom. The molecule has 0 radical (unpaired) electrons. The van der Waals surface area contributed by atoms with Crippen molar-refractivity contribution in [3.05, 3.63) is 12.2 Å². The molecule has 0 aliphatic heterocycles. The zero-order valence-corrected chi connectivity index (χ0v) is 17.8. The topological polar surface area (TPSA) is 87.4 Å². The molecule has 0 atom stereocenters. The molecular formula is C15H30IN7O. The summed E-state index contributed by atoms with van der Waals surface area (Å²) in [5.41, 5.74) is -0.236. The minimum atomic E-state index is -0.236. The molecule has 24 heavy (non-hydrogen) atoms. The maximum Gasteiger partial charge on any atom is 0.240 e. The van der Waals surface area contributed by atoms with Crippen LogP contribution < -0.4 is 10.6 Å². The van der Waals surface area contributed by atoms with Gasteiger partial charge in [-0.2, -0.15) is 0 Å². The maximum atomic E-state index is 12.0. The van der Waals surface area contributed by atoms with Gasteiger partial charge < -0.3 is 20.1 Å². The van der Waals surface area contributed by atoms with Crippen molar-refractivity contribution >= 4 is 35.8 Å². The third-order valence-corrected chi connectivity index (χ3v) is 3.12. The molecule has 1 rings (SSSR count). The third kappa shape index (κ3) is 7.93. The van der Waals surface area contributed by atoms with Crippen LogP contribution in [0.5, 0.6) is 0 Å². The van der Waals surface area contributed by atoms with Gasteiger partial charge in [0.15, 0.2) is 5.96 Å². The fourth-order valence-electron chi connectivity index (χ4n) is 2.16. The summed E-state index contributed by atoms with van der Waals surface area (Å²) in [6.45, 7) is 9.62. The Morgan fingerprint density at radius 3 is 2.62 bits per heavy atom. The minimum absolute atomic E-state index is 0. The zero-order chi connectivity index (χ0) is 17.5. The van der Waals surface area contributed by atoms with Crippen LogP contribution in [0.4, 0.5) is 0 Å². The molecule has 1 amide bonds. The van der Waals surface area contributed by atoms with Crippen molar-refractivity contribution in [3.8, 4) is 0 Å². The van der Waals surface area contributed by atoms with Crippen molar-refractivity contribution in [2.24, 2.45) is 4.99 Å². The van der Waals surface area contributed by atoms with Crippen LogP contribution in [0.15, 0.2) is 11.3 Å². The first kappa shape index (κ1) is 22.6. The molecule has 0 aliphatic rings. The van der Waals surface area contributed by atoms with Gasteiger partial charge in [-0.3, -0.25) is 9.79 Å². The fourth-order valence-corrected chi connectivity index (χ4v) is 2.16. The number of carbonyl (C=O) groups excluding carboxylic acids is 1. The Hall–Kier alpha value is -1.39. The van der Waals surface area contributed by atoms with Gasteiger partial charge in [-0.05, 0) is 20.8 Å². The Kier molecular flexibility index (Phi) is 9.86. The number of guanidine groups is 1. The fraction of sp³-hybridized carbons (Fsp3) is 0.733. The molecule has 0 fully saturated rings. The van der Waals surface area contributed by atoms with Gasteiger partial charge >= 0.3 is 0 Å². The van der Waals surface area contributed by atoms with Gasteiger partial charge in [-0.25, -0.2) is 0 Å². The first-order valence-electron chi connectivity index (χ1n) is 7.86. The van der Waals surface area contributed by atoms with Gasteiger partial charge in [0, 0.05) is 39.1 Å². The van der Waals surface area contributed by atoms with E-state index in [0.717, 1.165) is 18.8 Å². The van der Waals surface area contributed by atoms with E-state index in [0.29, 0.717) is 12.5 Å². The SMILES string of the molecule is CCc1nncn1CCNC(=NC)N(C)CC(=O)NC(C)(C)C.I. The number of amides is 1. The number of hydrogen-bond acceptors (Lipinski definition) is 4. The van der Waals surface area contributed by atoms with Crippen molar-refractivity contribution in [1.82, 2.24) is 30.3 Å². The van der Waals surface area contributed by atoms with Crippen LogP contribution in [0.2, 0.25) is 0 Å². The van der Waals surface area contributed by atoms with Crippen LogP contribution in [-0.2, 0) is 17.8 Å². The molecule has 1 aromatic heterocycles. The first-order valence-corrected chi connectivity index (χ1v) is 7.86. The first-order chi connectivity index (χ1) is 10.8. The number of hydrogen-bond donors (Lipinski definition) is 2. The highest BCUT2D eigenvalue weighted by Crippen LogP contribution is 1.99. The summed E-state index contributed by atoms with van der Waals surface area (Å²) in [4.78, 5) is 18.0. The molecule has 0 bridgehead atoms. The highest BCUT2D eigenvalue weighted by atomic mass is 127. The van der Waals surface area contributed by atoms with E-state index in [4.69, 9.17) is 0 Å². The van der Waals surface area contributed by atoms with Crippen LogP contribution >= 0.6 is 24.0 Å². The number of rotatable bonds is 6. The van der Waals surface area contributed by atoms with Crippen molar-refractivity contribution in [2.45, 2.75) is 46.2 Å². The van der Waals surface area contributed by atoms with Crippen LogP contribution in [0.25, 0.3) is 0 Å². The van der Waals surface area contributed by atoms with E-state index in [1.807, 2.05) is 32.4 Å². The van der Waals surface area contributed by atoms with E-state index in [-0.39, 0.29) is 42.0 Å². The molecule has 0 saturated carbocycles. The van der Waals surface area contributed by atoms with Crippen molar-refractivity contribution in [3.63, 3.8) is 0 Å². The second kappa shape index (κ2) is 10.5. The van der Waals surface area contributed by atoms with Crippen LogP contribution in [0.3, 0.4) is 0 Å². The normalized spacial score (nSPS) is 11.7. The average Bonchev–Trinajstić information content (AvgIpc) is 2.88. The van der Waals surface area contributed by atoms with E-state index in [9.17, 15) is 4.79 Å². The molecule has 0 aromatic carbocycles. The van der Waals surface area contributed by atoms with Gasteiger partial charge in [-0.1, -0.05) is 6.92 Å². The predicted molar refractivity (Wildman–Crippen MR) is 107 cm³/mol. The lowest BCUT2D eigenvalue weighted by molar-refractivity contribution is -0.122. The van der Waals surface area contributed by atoms with E-state index in [1.54, 1.807) is 18.3 Å². The Balaban J connectivity index is 0.00000529. The second-order valence-electron chi connectivity index (χ2n) is 6.42. The summed E-state index contributed by atoms with van der Waals surface area (Å²) in [7, 11) is 3.55. The summed E-state index contributed by atoms with van der Waals surface area (Å²) in [5.74, 6) is 1.61. The smallest absolute Gasteiger partial charge is 0.240 e. The lowest BCUT2D eigenvalue weighted by Crippen LogP contribution is -2.49. The molecule has 138 valence electrons.